The van der Waals surface area contributed by atoms with Crippen molar-refractivity contribution in [1.82, 2.24) is 9.97 Å². The Morgan fingerprint density at radius 3 is 2.30 bits per heavy atom. The van der Waals surface area contributed by atoms with E-state index in [0.29, 0.717) is 11.8 Å². The minimum absolute atomic E-state index is 0.158. The van der Waals surface area contributed by atoms with Gasteiger partial charge >= 0.3 is 6.18 Å². The molecule has 0 spiro atoms. The number of aromatic nitrogens is 2. The van der Waals surface area contributed by atoms with Crippen LogP contribution in [0.25, 0.3) is 0 Å². The Bertz CT molecular complexity index is 475. The number of nitrogens with one attached hydrogen (secondary N) is 2. The summed E-state index contributed by atoms with van der Waals surface area (Å²) in [6, 6.07) is 1.66. The van der Waals surface area contributed by atoms with Crippen molar-refractivity contribution in [2.45, 2.75) is 38.9 Å². The number of halogens is 3. The van der Waals surface area contributed by atoms with Gasteiger partial charge in [-0.2, -0.15) is 13.2 Å². The van der Waals surface area contributed by atoms with Crippen molar-refractivity contribution in [3.05, 3.63) is 11.9 Å². The van der Waals surface area contributed by atoms with Crippen molar-refractivity contribution in [2.75, 3.05) is 17.7 Å². The van der Waals surface area contributed by atoms with Crippen molar-refractivity contribution in [2.24, 2.45) is 11.8 Å². The molecule has 0 radical (unpaired) electrons. The molecule has 1 heterocycles. The van der Waals surface area contributed by atoms with Gasteiger partial charge in [-0.15, -0.1) is 0 Å². The second-order valence-electron chi connectivity index (χ2n) is 5.37. The Balaban J connectivity index is 2.23. The topological polar surface area (TPSA) is 49.8 Å². The van der Waals surface area contributed by atoms with Gasteiger partial charge in [-0.1, -0.05) is 13.8 Å². The van der Waals surface area contributed by atoms with Crippen molar-refractivity contribution < 1.29 is 13.2 Å². The molecule has 2 N–H and O–H groups in total. The molecule has 1 aliphatic carbocycles. The minimum Gasteiger partial charge on any atom is -0.373 e. The van der Waals surface area contributed by atoms with Crippen LogP contribution < -0.4 is 10.6 Å². The van der Waals surface area contributed by atoms with Crippen LogP contribution in [0, 0.1) is 11.8 Å². The standard InChI is InChI=1S/C13H19F3N4/c1-7-4-5-9(8(7)2)18-11-6-10(17-3)19-12(20-11)13(14,15)16/h6-9H,4-5H2,1-3H3,(H2,17,18,19,20). The highest BCUT2D eigenvalue weighted by molar-refractivity contribution is 5.48. The van der Waals surface area contributed by atoms with E-state index in [2.05, 4.69) is 34.4 Å². The highest BCUT2D eigenvalue weighted by atomic mass is 19.4. The quantitative estimate of drug-likeness (QED) is 0.895. The van der Waals surface area contributed by atoms with Gasteiger partial charge in [-0.25, -0.2) is 9.97 Å². The Morgan fingerprint density at radius 2 is 1.80 bits per heavy atom. The van der Waals surface area contributed by atoms with Gasteiger partial charge in [-0.3, -0.25) is 0 Å². The summed E-state index contributed by atoms with van der Waals surface area (Å²) < 4.78 is 38.3. The summed E-state index contributed by atoms with van der Waals surface area (Å²) in [5, 5.41) is 5.75. The molecule has 3 unspecified atom stereocenters. The summed E-state index contributed by atoms with van der Waals surface area (Å²) >= 11 is 0. The van der Waals surface area contributed by atoms with Gasteiger partial charge in [0, 0.05) is 19.2 Å². The average Bonchev–Trinajstić information content (AvgIpc) is 2.69. The van der Waals surface area contributed by atoms with E-state index in [1.54, 1.807) is 0 Å². The number of rotatable bonds is 3. The van der Waals surface area contributed by atoms with Crippen molar-refractivity contribution in [1.29, 1.82) is 0 Å². The fourth-order valence-corrected chi connectivity index (χ4v) is 2.53. The third kappa shape index (κ3) is 3.13. The zero-order valence-corrected chi connectivity index (χ0v) is 11.8. The van der Waals surface area contributed by atoms with E-state index in [9.17, 15) is 13.2 Å². The molecule has 0 aromatic carbocycles. The number of hydrogen-bond donors (Lipinski definition) is 2. The molecular weight excluding hydrogens is 269 g/mol. The second-order valence-corrected chi connectivity index (χ2v) is 5.37. The number of nitrogens with zero attached hydrogens (tertiary/aromatic N) is 2. The van der Waals surface area contributed by atoms with Crippen LogP contribution in [0.1, 0.15) is 32.5 Å². The van der Waals surface area contributed by atoms with E-state index < -0.39 is 12.0 Å². The molecule has 3 atom stereocenters. The van der Waals surface area contributed by atoms with E-state index >= 15 is 0 Å². The summed E-state index contributed by atoms with van der Waals surface area (Å²) in [6.07, 6.45) is -2.52. The molecule has 1 aromatic heterocycles. The zero-order chi connectivity index (χ0) is 14.9. The lowest BCUT2D eigenvalue weighted by atomic mass is 9.98. The molecule has 0 saturated heterocycles. The third-order valence-electron chi connectivity index (χ3n) is 4.03. The molecule has 1 fully saturated rings. The van der Waals surface area contributed by atoms with E-state index in [0.717, 1.165) is 12.8 Å². The van der Waals surface area contributed by atoms with Crippen molar-refractivity contribution in [3.63, 3.8) is 0 Å². The smallest absolute Gasteiger partial charge is 0.373 e. The monoisotopic (exact) mass is 288 g/mol. The van der Waals surface area contributed by atoms with Crippen molar-refractivity contribution in [3.8, 4) is 0 Å². The van der Waals surface area contributed by atoms with Crippen LogP contribution in [0.3, 0.4) is 0 Å². The van der Waals surface area contributed by atoms with Crippen LogP contribution in [-0.2, 0) is 6.18 Å². The molecule has 1 aliphatic rings. The lowest BCUT2D eigenvalue weighted by molar-refractivity contribution is -0.144. The Hall–Kier alpha value is -1.53. The van der Waals surface area contributed by atoms with Crippen LogP contribution in [0.4, 0.5) is 24.8 Å². The molecule has 7 heteroatoms. The van der Waals surface area contributed by atoms with E-state index in [4.69, 9.17) is 0 Å². The van der Waals surface area contributed by atoms with E-state index in [1.807, 2.05) is 0 Å². The predicted octanol–water partition coefficient (Wildman–Crippen LogP) is 3.38. The molecule has 0 bridgehead atoms. The van der Waals surface area contributed by atoms with Gasteiger partial charge in [0.05, 0.1) is 0 Å². The molecule has 0 aliphatic heterocycles. The van der Waals surface area contributed by atoms with Crippen LogP contribution in [-0.4, -0.2) is 23.1 Å². The highest BCUT2D eigenvalue weighted by Gasteiger charge is 2.36. The predicted molar refractivity (Wildman–Crippen MR) is 71.6 cm³/mol. The Morgan fingerprint density at radius 1 is 1.15 bits per heavy atom. The second kappa shape index (κ2) is 5.46. The summed E-state index contributed by atoms with van der Waals surface area (Å²) in [4.78, 5) is 7.03. The summed E-state index contributed by atoms with van der Waals surface area (Å²) in [5.74, 6) is 0.249. The maximum absolute atomic E-state index is 12.8. The number of anilines is 2. The molecule has 20 heavy (non-hydrogen) atoms. The summed E-state index contributed by atoms with van der Waals surface area (Å²) in [5.41, 5.74) is 0. The van der Waals surface area contributed by atoms with Crippen LogP contribution >= 0.6 is 0 Å². The first-order chi connectivity index (χ1) is 9.31. The van der Waals surface area contributed by atoms with Crippen molar-refractivity contribution >= 4 is 11.6 Å². The normalized spacial score (nSPS) is 26.6. The molecule has 1 saturated carbocycles. The maximum atomic E-state index is 12.8. The van der Waals surface area contributed by atoms with Gasteiger partial charge < -0.3 is 10.6 Å². The molecule has 112 valence electrons. The first-order valence-corrected chi connectivity index (χ1v) is 6.72. The van der Waals surface area contributed by atoms with E-state index in [1.165, 1.54) is 13.1 Å². The van der Waals surface area contributed by atoms with Gasteiger partial charge in [0.25, 0.3) is 0 Å². The van der Waals surface area contributed by atoms with Crippen LogP contribution in [0.2, 0.25) is 0 Å². The van der Waals surface area contributed by atoms with E-state index in [-0.39, 0.29) is 17.7 Å². The van der Waals surface area contributed by atoms with Gasteiger partial charge in [-0.05, 0) is 24.7 Å². The summed E-state index contributed by atoms with van der Waals surface area (Å²) in [6.45, 7) is 4.27. The van der Waals surface area contributed by atoms with Crippen LogP contribution in [0.5, 0.6) is 0 Å². The van der Waals surface area contributed by atoms with Gasteiger partial charge in [0.15, 0.2) is 0 Å². The zero-order valence-electron chi connectivity index (χ0n) is 11.8. The molecule has 4 nitrogen and oxygen atoms in total. The fourth-order valence-electron chi connectivity index (χ4n) is 2.53. The first-order valence-electron chi connectivity index (χ1n) is 6.72. The van der Waals surface area contributed by atoms with Crippen LogP contribution in [0.15, 0.2) is 6.07 Å². The molecule has 2 rings (SSSR count). The first kappa shape index (κ1) is 14.9. The average molecular weight is 288 g/mol. The van der Waals surface area contributed by atoms with Gasteiger partial charge in [0.2, 0.25) is 5.82 Å². The lowest BCUT2D eigenvalue weighted by Gasteiger charge is -2.21. The summed E-state index contributed by atoms with van der Waals surface area (Å²) in [7, 11) is 1.53. The Kier molecular flexibility index (Phi) is 4.06. The molecule has 1 aromatic rings. The minimum atomic E-state index is -4.54. The number of hydrogen-bond acceptors (Lipinski definition) is 4. The number of alkyl halides is 3. The SMILES string of the molecule is CNc1cc(NC2CCC(C)C2C)nc(C(F)(F)F)n1. The largest absolute Gasteiger partial charge is 0.451 e. The highest BCUT2D eigenvalue weighted by Crippen LogP contribution is 2.34. The molecule has 0 amide bonds. The van der Waals surface area contributed by atoms with Gasteiger partial charge in [0.1, 0.15) is 11.6 Å². The fraction of sp³-hybridized carbons (Fsp3) is 0.692. The molecular formula is C13H19F3N4. The third-order valence-corrected chi connectivity index (χ3v) is 4.03. The Labute approximate surface area is 116 Å². The lowest BCUT2D eigenvalue weighted by Crippen LogP contribution is -2.25. The maximum Gasteiger partial charge on any atom is 0.451 e.